The van der Waals surface area contributed by atoms with Gasteiger partial charge in [-0.05, 0) is 25.7 Å². The number of likely N-dealkylation sites (tertiary alicyclic amines) is 2. The Morgan fingerprint density at radius 1 is 1.35 bits per heavy atom. The predicted octanol–water partition coefficient (Wildman–Crippen LogP) is 1.40. The zero-order valence-corrected chi connectivity index (χ0v) is 12.6. The van der Waals surface area contributed by atoms with E-state index in [9.17, 15) is 9.59 Å². The summed E-state index contributed by atoms with van der Waals surface area (Å²) in [4.78, 5) is 28.5. The standard InChI is InChI=1S/C15H23N3O2/c1-11(2)15(3)10-13(19)18(14(15)20)12-4-7-17(8-5-12)9-6-16/h11-12H,4-5,7-10H2,1-3H3. The van der Waals surface area contributed by atoms with Gasteiger partial charge < -0.3 is 0 Å². The number of nitrogens with zero attached hydrogens (tertiary/aromatic N) is 3. The highest BCUT2D eigenvalue weighted by molar-refractivity contribution is 6.06. The van der Waals surface area contributed by atoms with E-state index in [1.54, 1.807) is 0 Å². The summed E-state index contributed by atoms with van der Waals surface area (Å²) in [7, 11) is 0. The van der Waals surface area contributed by atoms with Crippen LogP contribution in [0, 0.1) is 22.7 Å². The van der Waals surface area contributed by atoms with Crippen LogP contribution in [0.1, 0.15) is 40.0 Å². The van der Waals surface area contributed by atoms with Gasteiger partial charge in [0.1, 0.15) is 0 Å². The first-order valence-corrected chi connectivity index (χ1v) is 7.36. The highest BCUT2D eigenvalue weighted by atomic mass is 16.2. The van der Waals surface area contributed by atoms with E-state index < -0.39 is 5.41 Å². The van der Waals surface area contributed by atoms with Crippen LogP contribution < -0.4 is 0 Å². The summed E-state index contributed by atoms with van der Waals surface area (Å²) in [5, 5.41) is 8.70. The van der Waals surface area contributed by atoms with E-state index in [0.717, 1.165) is 25.9 Å². The molecule has 20 heavy (non-hydrogen) atoms. The molecular weight excluding hydrogens is 254 g/mol. The van der Waals surface area contributed by atoms with E-state index in [4.69, 9.17) is 5.26 Å². The van der Waals surface area contributed by atoms with E-state index in [-0.39, 0.29) is 23.8 Å². The fraction of sp³-hybridized carbons (Fsp3) is 0.800. The van der Waals surface area contributed by atoms with Crippen molar-refractivity contribution < 1.29 is 9.59 Å². The van der Waals surface area contributed by atoms with Gasteiger partial charge in [-0.15, -0.1) is 0 Å². The molecule has 0 N–H and O–H groups in total. The van der Waals surface area contributed by atoms with E-state index in [1.807, 2.05) is 20.8 Å². The lowest BCUT2D eigenvalue weighted by atomic mass is 9.77. The molecule has 0 aromatic rings. The normalized spacial score (nSPS) is 29.2. The highest BCUT2D eigenvalue weighted by Crippen LogP contribution is 2.41. The quantitative estimate of drug-likeness (QED) is 0.578. The highest BCUT2D eigenvalue weighted by Gasteiger charge is 2.52. The molecule has 5 nitrogen and oxygen atoms in total. The Balaban J connectivity index is 2.06. The van der Waals surface area contributed by atoms with Gasteiger partial charge in [-0.25, -0.2) is 0 Å². The van der Waals surface area contributed by atoms with Crippen LogP contribution in [0.15, 0.2) is 0 Å². The lowest BCUT2D eigenvalue weighted by molar-refractivity contribution is -0.145. The Hall–Kier alpha value is -1.41. The van der Waals surface area contributed by atoms with Crippen LogP contribution in [0.3, 0.4) is 0 Å². The summed E-state index contributed by atoms with van der Waals surface area (Å²) in [6, 6.07) is 2.16. The molecule has 0 aliphatic carbocycles. The minimum Gasteiger partial charge on any atom is -0.290 e. The number of piperidine rings is 1. The maximum atomic E-state index is 12.6. The van der Waals surface area contributed by atoms with Crippen molar-refractivity contribution in [3.63, 3.8) is 0 Å². The van der Waals surface area contributed by atoms with Gasteiger partial charge in [0.15, 0.2) is 0 Å². The molecule has 2 heterocycles. The average Bonchev–Trinajstić information content (AvgIpc) is 2.63. The number of imide groups is 1. The number of nitriles is 1. The minimum atomic E-state index is -0.541. The molecule has 2 amide bonds. The Bertz CT molecular complexity index is 447. The topological polar surface area (TPSA) is 64.4 Å². The van der Waals surface area contributed by atoms with Gasteiger partial charge in [0.05, 0.1) is 18.0 Å². The SMILES string of the molecule is CC(C)C1(C)CC(=O)N(C2CCN(CC#N)CC2)C1=O. The van der Waals surface area contributed by atoms with Gasteiger partial charge in [-0.3, -0.25) is 19.4 Å². The van der Waals surface area contributed by atoms with Gasteiger partial charge in [0.25, 0.3) is 0 Å². The maximum absolute atomic E-state index is 12.6. The smallest absolute Gasteiger partial charge is 0.236 e. The maximum Gasteiger partial charge on any atom is 0.236 e. The molecule has 0 bridgehead atoms. The van der Waals surface area contributed by atoms with Crippen LogP contribution in [0.5, 0.6) is 0 Å². The van der Waals surface area contributed by atoms with Crippen LogP contribution in [-0.4, -0.2) is 47.3 Å². The molecule has 0 aromatic carbocycles. The predicted molar refractivity (Wildman–Crippen MR) is 74.5 cm³/mol. The summed E-state index contributed by atoms with van der Waals surface area (Å²) in [6.45, 7) is 7.91. The summed E-state index contributed by atoms with van der Waals surface area (Å²) < 4.78 is 0. The monoisotopic (exact) mass is 277 g/mol. The van der Waals surface area contributed by atoms with Crippen molar-refractivity contribution >= 4 is 11.8 Å². The molecule has 2 aliphatic heterocycles. The van der Waals surface area contributed by atoms with Crippen LogP contribution in [0.4, 0.5) is 0 Å². The zero-order chi connectivity index (χ0) is 14.9. The van der Waals surface area contributed by atoms with Crippen LogP contribution in [0.25, 0.3) is 0 Å². The number of hydrogen-bond donors (Lipinski definition) is 0. The van der Waals surface area contributed by atoms with E-state index in [1.165, 1.54) is 4.90 Å². The number of rotatable bonds is 3. The van der Waals surface area contributed by atoms with Gasteiger partial charge in [-0.1, -0.05) is 13.8 Å². The molecule has 1 atom stereocenters. The van der Waals surface area contributed by atoms with Crippen molar-refractivity contribution in [1.29, 1.82) is 5.26 Å². The average molecular weight is 277 g/mol. The Labute approximate surface area is 120 Å². The molecule has 2 aliphatic rings. The molecule has 2 saturated heterocycles. The van der Waals surface area contributed by atoms with E-state index >= 15 is 0 Å². The number of carbonyl (C=O) groups excluding carboxylic acids is 2. The second kappa shape index (κ2) is 5.53. The fourth-order valence-corrected chi connectivity index (χ4v) is 3.12. The molecule has 0 aromatic heterocycles. The lowest BCUT2D eigenvalue weighted by Gasteiger charge is -2.36. The molecule has 2 rings (SSSR count). The first-order chi connectivity index (χ1) is 9.40. The zero-order valence-electron chi connectivity index (χ0n) is 12.6. The van der Waals surface area contributed by atoms with Gasteiger partial charge in [0.2, 0.25) is 11.8 Å². The third-order valence-corrected chi connectivity index (χ3v) is 4.99. The summed E-state index contributed by atoms with van der Waals surface area (Å²) in [5.41, 5.74) is -0.541. The van der Waals surface area contributed by atoms with Gasteiger partial charge >= 0.3 is 0 Å². The summed E-state index contributed by atoms with van der Waals surface area (Å²) in [6.07, 6.45) is 1.91. The van der Waals surface area contributed by atoms with Crippen LogP contribution in [0.2, 0.25) is 0 Å². The molecular formula is C15H23N3O2. The Morgan fingerprint density at radius 2 is 1.95 bits per heavy atom. The largest absolute Gasteiger partial charge is 0.290 e. The van der Waals surface area contributed by atoms with E-state index in [2.05, 4.69) is 11.0 Å². The third kappa shape index (κ3) is 2.45. The van der Waals surface area contributed by atoms with Crippen molar-refractivity contribution in [1.82, 2.24) is 9.80 Å². The summed E-state index contributed by atoms with van der Waals surface area (Å²) >= 11 is 0. The second-order valence-electron chi connectivity index (χ2n) is 6.48. The number of hydrogen-bond acceptors (Lipinski definition) is 4. The van der Waals surface area contributed by atoms with Gasteiger partial charge in [0, 0.05) is 25.6 Å². The molecule has 0 radical (unpaired) electrons. The first kappa shape index (κ1) is 15.0. The molecule has 2 fully saturated rings. The van der Waals surface area contributed by atoms with Crippen molar-refractivity contribution in [2.75, 3.05) is 19.6 Å². The van der Waals surface area contributed by atoms with Crippen LogP contribution in [-0.2, 0) is 9.59 Å². The molecule has 0 saturated carbocycles. The van der Waals surface area contributed by atoms with Crippen molar-refractivity contribution in [3.05, 3.63) is 0 Å². The van der Waals surface area contributed by atoms with Crippen molar-refractivity contribution in [3.8, 4) is 6.07 Å². The van der Waals surface area contributed by atoms with Crippen LogP contribution >= 0.6 is 0 Å². The fourth-order valence-electron chi connectivity index (χ4n) is 3.12. The molecule has 0 spiro atoms. The van der Waals surface area contributed by atoms with Gasteiger partial charge in [-0.2, -0.15) is 5.26 Å². The van der Waals surface area contributed by atoms with Crippen molar-refractivity contribution in [2.45, 2.75) is 46.1 Å². The molecule has 1 unspecified atom stereocenters. The number of carbonyl (C=O) groups is 2. The molecule has 110 valence electrons. The first-order valence-electron chi connectivity index (χ1n) is 7.36. The molecule has 5 heteroatoms. The van der Waals surface area contributed by atoms with Crippen molar-refractivity contribution in [2.24, 2.45) is 11.3 Å². The van der Waals surface area contributed by atoms with E-state index in [0.29, 0.717) is 13.0 Å². The Morgan fingerprint density at radius 3 is 2.40 bits per heavy atom. The third-order valence-electron chi connectivity index (χ3n) is 4.99. The Kier molecular flexibility index (Phi) is 4.14. The lowest BCUT2D eigenvalue weighted by Crippen LogP contribution is -2.48. The number of amides is 2. The second-order valence-corrected chi connectivity index (χ2v) is 6.48. The summed E-state index contributed by atoms with van der Waals surface area (Å²) in [5.74, 6) is 0.142. The minimum absolute atomic E-state index is 0.00349.